The number of unbranched alkanes of at least 4 members (excludes halogenated alkanes) is 9. The summed E-state index contributed by atoms with van der Waals surface area (Å²) in [5, 5.41) is 12.2. The van der Waals surface area contributed by atoms with E-state index >= 15 is 0 Å². The fourth-order valence-corrected chi connectivity index (χ4v) is 2.89. The van der Waals surface area contributed by atoms with Crippen LogP contribution in [-0.4, -0.2) is 23.1 Å². The zero-order valence-corrected chi connectivity index (χ0v) is 17.9. The molecular formula is C23H40N2O2. The van der Waals surface area contributed by atoms with Gasteiger partial charge in [-0.05, 0) is 24.6 Å². The Kier molecular flexibility index (Phi) is 10.9. The number of ether oxygens (including phenoxy) is 1. The molecule has 0 bridgehead atoms. The number of rotatable bonds is 13. The number of hydrogen-bond acceptors (Lipinski definition) is 3. The van der Waals surface area contributed by atoms with E-state index in [0.29, 0.717) is 12.3 Å². The van der Waals surface area contributed by atoms with Gasteiger partial charge in [0.25, 0.3) is 0 Å². The lowest BCUT2D eigenvalue weighted by molar-refractivity contribution is -0.530. The number of benzene rings is 1. The smallest absolute Gasteiger partial charge is 0.186 e. The zero-order valence-electron chi connectivity index (χ0n) is 17.9. The van der Waals surface area contributed by atoms with Gasteiger partial charge in [-0.1, -0.05) is 64.7 Å². The molecule has 0 unspecified atom stereocenters. The van der Waals surface area contributed by atoms with Crippen molar-refractivity contribution < 1.29 is 9.48 Å². The Labute approximate surface area is 166 Å². The highest BCUT2D eigenvalue weighted by Crippen LogP contribution is 2.21. The van der Waals surface area contributed by atoms with Gasteiger partial charge in [0, 0.05) is 26.5 Å². The van der Waals surface area contributed by atoms with Gasteiger partial charge in [-0.2, -0.15) is 0 Å². The van der Waals surface area contributed by atoms with E-state index in [9.17, 15) is 5.21 Å². The summed E-state index contributed by atoms with van der Waals surface area (Å²) in [7, 11) is 0. The molecule has 0 aliphatic carbocycles. The van der Waals surface area contributed by atoms with Crippen molar-refractivity contribution in [2.75, 3.05) is 12.3 Å². The highest BCUT2D eigenvalue weighted by Gasteiger charge is 2.19. The van der Waals surface area contributed by atoms with Gasteiger partial charge in [0.1, 0.15) is 5.75 Å². The minimum atomic E-state index is -0.488. The summed E-state index contributed by atoms with van der Waals surface area (Å²) < 4.78 is 6.88. The van der Waals surface area contributed by atoms with Crippen LogP contribution in [-0.2, 0) is 0 Å². The van der Waals surface area contributed by atoms with Crippen LogP contribution in [0.15, 0.2) is 18.2 Å². The van der Waals surface area contributed by atoms with Gasteiger partial charge in [0.15, 0.2) is 11.8 Å². The van der Waals surface area contributed by atoms with E-state index in [2.05, 4.69) is 6.92 Å². The molecule has 0 fully saturated rings. The largest absolute Gasteiger partial charge is 0.623 e. The number of anilines is 1. The van der Waals surface area contributed by atoms with E-state index in [1.54, 1.807) is 12.3 Å². The second-order valence-electron chi connectivity index (χ2n) is 8.45. The zero-order chi connectivity index (χ0) is 20.1. The molecule has 0 aromatic heterocycles. The normalized spacial score (nSPS) is 12.4. The molecule has 0 aliphatic rings. The first-order chi connectivity index (χ1) is 12.8. The van der Waals surface area contributed by atoms with Crippen LogP contribution in [0.25, 0.3) is 0 Å². The van der Waals surface area contributed by atoms with Gasteiger partial charge < -0.3 is 15.7 Å². The maximum atomic E-state index is 12.2. The Morgan fingerprint density at radius 1 is 0.963 bits per heavy atom. The highest BCUT2D eigenvalue weighted by molar-refractivity contribution is 5.82. The Morgan fingerprint density at radius 3 is 2.07 bits per heavy atom. The fourth-order valence-electron chi connectivity index (χ4n) is 2.89. The van der Waals surface area contributed by atoms with Crippen LogP contribution in [0, 0.1) is 5.21 Å². The fraction of sp³-hybridized carbons (Fsp3) is 0.696. The summed E-state index contributed by atoms with van der Waals surface area (Å²) in [5.74, 6) is 0.727. The number of hydrogen-bond donors (Lipinski definition) is 1. The highest BCUT2D eigenvalue weighted by atomic mass is 16.5. The molecule has 154 valence electrons. The van der Waals surface area contributed by atoms with Gasteiger partial charge in [-0.15, -0.1) is 0 Å². The van der Waals surface area contributed by atoms with Crippen molar-refractivity contribution in [2.24, 2.45) is 0 Å². The van der Waals surface area contributed by atoms with E-state index in [1.165, 1.54) is 57.8 Å². The molecule has 1 rings (SSSR count). The Morgan fingerprint density at radius 2 is 1.52 bits per heavy atom. The van der Waals surface area contributed by atoms with Gasteiger partial charge in [-0.3, -0.25) is 0 Å². The molecule has 4 heteroatoms. The van der Waals surface area contributed by atoms with Crippen molar-refractivity contribution in [1.82, 2.24) is 0 Å². The van der Waals surface area contributed by atoms with E-state index in [-0.39, 0.29) is 0 Å². The van der Waals surface area contributed by atoms with Crippen molar-refractivity contribution >= 4 is 11.9 Å². The lowest BCUT2D eigenvalue weighted by Gasteiger charge is -2.19. The molecule has 0 saturated carbocycles. The third kappa shape index (κ3) is 10.3. The molecule has 0 heterocycles. The monoisotopic (exact) mass is 376 g/mol. The minimum Gasteiger partial charge on any atom is -0.623 e. The molecule has 1 aromatic carbocycles. The first kappa shape index (κ1) is 23.3. The maximum absolute atomic E-state index is 12.2. The molecule has 0 saturated heterocycles. The number of hydroxylamine groups is 1. The first-order valence-corrected chi connectivity index (χ1v) is 10.7. The van der Waals surface area contributed by atoms with Crippen molar-refractivity contribution in [3.63, 3.8) is 0 Å². The lowest BCUT2D eigenvalue weighted by atomic mass is 10.1. The molecule has 4 nitrogen and oxygen atoms in total. The quantitative estimate of drug-likeness (QED) is 0.110. The van der Waals surface area contributed by atoms with Crippen molar-refractivity contribution in [3.05, 3.63) is 29.0 Å². The molecule has 2 N–H and O–H groups in total. The molecule has 0 aliphatic heterocycles. The number of nitrogen functional groups attached to an aromatic ring is 1. The molecule has 0 radical (unpaired) electrons. The molecule has 0 spiro atoms. The Hall–Kier alpha value is -1.71. The lowest BCUT2D eigenvalue weighted by Crippen LogP contribution is -2.29. The average molecular weight is 377 g/mol. The van der Waals surface area contributed by atoms with Gasteiger partial charge in [0.05, 0.1) is 12.2 Å². The summed E-state index contributed by atoms with van der Waals surface area (Å²) >= 11 is 0. The Bertz CT molecular complexity index is 562. The van der Waals surface area contributed by atoms with Crippen LogP contribution in [0.5, 0.6) is 5.75 Å². The topological polar surface area (TPSA) is 61.3 Å². The molecule has 27 heavy (non-hydrogen) atoms. The van der Waals surface area contributed by atoms with Crippen LogP contribution in [0.1, 0.15) is 97.5 Å². The van der Waals surface area contributed by atoms with E-state index in [4.69, 9.17) is 10.5 Å². The predicted octanol–water partition coefficient (Wildman–Crippen LogP) is 6.30. The second-order valence-corrected chi connectivity index (χ2v) is 8.45. The van der Waals surface area contributed by atoms with E-state index < -0.39 is 5.54 Å². The van der Waals surface area contributed by atoms with Crippen LogP contribution < -0.4 is 10.5 Å². The first-order valence-electron chi connectivity index (χ1n) is 10.7. The van der Waals surface area contributed by atoms with Crippen molar-refractivity contribution in [2.45, 2.75) is 97.4 Å². The second kappa shape index (κ2) is 12.6. The van der Waals surface area contributed by atoms with Crippen molar-refractivity contribution in [3.8, 4) is 5.75 Å². The van der Waals surface area contributed by atoms with Crippen LogP contribution in [0.4, 0.5) is 5.69 Å². The van der Waals surface area contributed by atoms with E-state index in [0.717, 1.165) is 22.5 Å². The Balaban J connectivity index is 2.33. The molecule has 1 aromatic rings. The number of nitrogens with zero attached hydrogens (tertiary/aromatic N) is 1. The van der Waals surface area contributed by atoms with Crippen molar-refractivity contribution in [1.29, 1.82) is 0 Å². The van der Waals surface area contributed by atoms with Gasteiger partial charge >= 0.3 is 0 Å². The van der Waals surface area contributed by atoms with Gasteiger partial charge in [-0.25, -0.2) is 4.74 Å². The third-order valence-electron chi connectivity index (χ3n) is 4.71. The maximum Gasteiger partial charge on any atom is 0.186 e. The summed E-state index contributed by atoms with van der Waals surface area (Å²) in [6, 6.07) is 5.47. The summed E-state index contributed by atoms with van der Waals surface area (Å²) in [5.41, 5.74) is 6.77. The molecular weight excluding hydrogens is 336 g/mol. The van der Waals surface area contributed by atoms with E-state index in [1.807, 2.05) is 32.9 Å². The third-order valence-corrected chi connectivity index (χ3v) is 4.71. The number of nitrogens with two attached hydrogens (primary N) is 1. The summed E-state index contributed by atoms with van der Waals surface area (Å²) in [4.78, 5) is 0. The standard InChI is InChI=1S/C23H40N2O2/c1-5-6-7-8-9-10-11-12-13-14-17-27-22-16-15-21(24)18-20(22)19-25(26)23(2,3)4/h15-16,18-19H,5-14,17,24H2,1-4H3/b25-19-. The average Bonchev–Trinajstić information content (AvgIpc) is 2.60. The SMILES string of the molecule is CCCCCCCCCCCCOc1ccc(N)cc1/C=[N+](\[O-])C(C)(C)C. The van der Waals surface area contributed by atoms with Crippen LogP contribution in [0.2, 0.25) is 0 Å². The van der Waals surface area contributed by atoms with Crippen LogP contribution >= 0.6 is 0 Å². The van der Waals surface area contributed by atoms with Crippen LogP contribution in [0.3, 0.4) is 0 Å². The molecule has 0 atom stereocenters. The minimum absolute atomic E-state index is 0.488. The predicted molar refractivity (Wildman–Crippen MR) is 117 cm³/mol. The summed E-state index contributed by atoms with van der Waals surface area (Å²) in [6.07, 6.45) is 14.6. The molecule has 0 amide bonds. The van der Waals surface area contributed by atoms with Gasteiger partial charge in [0.2, 0.25) is 0 Å². The summed E-state index contributed by atoms with van der Waals surface area (Å²) in [6.45, 7) is 8.58.